The Hall–Kier alpha value is -1.86. The van der Waals surface area contributed by atoms with Crippen molar-refractivity contribution in [2.45, 2.75) is 13.5 Å². The maximum atomic E-state index is 11.6. The van der Waals surface area contributed by atoms with E-state index in [2.05, 4.69) is 15.3 Å². The van der Waals surface area contributed by atoms with E-state index in [0.29, 0.717) is 25.5 Å². The predicted octanol–water partition coefficient (Wildman–Crippen LogP) is 0.641. The second kappa shape index (κ2) is 7.06. The van der Waals surface area contributed by atoms with Gasteiger partial charge in [-0.25, -0.2) is 15.6 Å². The molecule has 1 fully saturated rings. The molecule has 110 valence electrons. The summed E-state index contributed by atoms with van der Waals surface area (Å²) >= 11 is 0. The first-order chi connectivity index (χ1) is 9.72. The summed E-state index contributed by atoms with van der Waals surface area (Å²) in [6, 6.07) is 3.85. The van der Waals surface area contributed by atoms with E-state index in [1.165, 1.54) is 0 Å². The number of anilines is 1. The predicted molar refractivity (Wildman–Crippen MR) is 75.9 cm³/mol. The molecule has 0 unspecified atom stereocenters. The zero-order chi connectivity index (χ0) is 14.4. The zero-order valence-electron chi connectivity index (χ0n) is 11.7. The number of piperazine rings is 1. The minimum Gasteiger partial charge on any atom is -0.450 e. The van der Waals surface area contributed by atoms with Crippen LogP contribution in [0.5, 0.6) is 0 Å². The molecule has 0 spiro atoms. The molecule has 3 N–H and O–H groups in total. The SMILES string of the molecule is CCOC(=O)N1CCN(Cc2ccc(NN)nc2)CC1. The fourth-order valence-corrected chi connectivity index (χ4v) is 2.16. The van der Waals surface area contributed by atoms with Crippen LogP contribution in [0, 0.1) is 0 Å². The van der Waals surface area contributed by atoms with Gasteiger partial charge in [-0.1, -0.05) is 6.07 Å². The van der Waals surface area contributed by atoms with E-state index < -0.39 is 0 Å². The van der Waals surface area contributed by atoms with Gasteiger partial charge in [0.05, 0.1) is 6.61 Å². The Morgan fingerprint density at radius 3 is 2.70 bits per heavy atom. The molecule has 1 aromatic rings. The number of nitrogen functional groups attached to an aromatic ring is 1. The Kier molecular flexibility index (Phi) is 5.14. The number of amides is 1. The molecule has 1 aromatic heterocycles. The molecule has 2 heterocycles. The van der Waals surface area contributed by atoms with Gasteiger partial charge in [-0.05, 0) is 18.6 Å². The topological polar surface area (TPSA) is 83.7 Å². The maximum Gasteiger partial charge on any atom is 0.409 e. The van der Waals surface area contributed by atoms with Crippen LogP contribution in [0.2, 0.25) is 0 Å². The van der Waals surface area contributed by atoms with Gasteiger partial charge in [-0.2, -0.15) is 0 Å². The molecule has 1 aliphatic heterocycles. The summed E-state index contributed by atoms with van der Waals surface area (Å²) in [5.41, 5.74) is 3.64. The molecule has 0 aliphatic carbocycles. The summed E-state index contributed by atoms with van der Waals surface area (Å²) in [6.45, 7) is 6.16. The lowest BCUT2D eigenvalue weighted by atomic mass is 10.2. The molecule has 0 bridgehead atoms. The van der Waals surface area contributed by atoms with Gasteiger partial charge in [-0.3, -0.25) is 4.90 Å². The first-order valence-corrected chi connectivity index (χ1v) is 6.78. The van der Waals surface area contributed by atoms with Gasteiger partial charge in [0.25, 0.3) is 0 Å². The van der Waals surface area contributed by atoms with Gasteiger partial charge >= 0.3 is 6.09 Å². The highest BCUT2D eigenvalue weighted by Gasteiger charge is 2.21. The van der Waals surface area contributed by atoms with Crippen molar-refractivity contribution >= 4 is 11.9 Å². The Bertz CT molecular complexity index is 429. The number of hydrazine groups is 1. The monoisotopic (exact) mass is 279 g/mol. The van der Waals surface area contributed by atoms with E-state index in [1.807, 2.05) is 25.3 Å². The third kappa shape index (κ3) is 3.82. The highest BCUT2D eigenvalue weighted by atomic mass is 16.6. The van der Waals surface area contributed by atoms with Crippen LogP contribution >= 0.6 is 0 Å². The third-order valence-corrected chi connectivity index (χ3v) is 3.28. The number of carbonyl (C=O) groups excluding carboxylic acids is 1. The first kappa shape index (κ1) is 14.5. The molecule has 7 heteroatoms. The van der Waals surface area contributed by atoms with Crippen LogP contribution in [0.3, 0.4) is 0 Å². The largest absolute Gasteiger partial charge is 0.450 e. The summed E-state index contributed by atoms with van der Waals surface area (Å²) in [4.78, 5) is 19.8. The Labute approximate surface area is 118 Å². The summed E-state index contributed by atoms with van der Waals surface area (Å²) in [5.74, 6) is 5.93. The van der Waals surface area contributed by atoms with Crippen LogP contribution in [-0.4, -0.2) is 53.7 Å². The zero-order valence-corrected chi connectivity index (χ0v) is 11.7. The molecule has 0 saturated carbocycles. The van der Waals surface area contributed by atoms with Gasteiger partial charge in [0.2, 0.25) is 0 Å². The van der Waals surface area contributed by atoms with Gasteiger partial charge in [0, 0.05) is 38.9 Å². The number of ether oxygens (including phenoxy) is 1. The molecular weight excluding hydrogens is 258 g/mol. The fraction of sp³-hybridized carbons (Fsp3) is 0.538. The quantitative estimate of drug-likeness (QED) is 0.621. The number of aromatic nitrogens is 1. The number of hydrogen-bond acceptors (Lipinski definition) is 6. The lowest BCUT2D eigenvalue weighted by Gasteiger charge is -2.33. The number of nitrogens with two attached hydrogens (primary N) is 1. The summed E-state index contributed by atoms with van der Waals surface area (Å²) in [5, 5.41) is 0. The molecule has 0 aromatic carbocycles. The molecule has 1 amide bonds. The molecule has 7 nitrogen and oxygen atoms in total. The number of nitrogens with one attached hydrogen (secondary N) is 1. The van der Waals surface area contributed by atoms with Crippen LogP contribution in [0.25, 0.3) is 0 Å². The molecular formula is C13H21N5O2. The number of carbonyl (C=O) groups is 1. The van der Waals surface area contributed by atoms with Crippen molar-refractivity contribution in [2.75, 3.05) is 38.2 Å². The van der Waals surface area contributed by atoms with Crippen molar-refractivity contribution in [3.63, 3.8) is 0 Å². The maximum absolute atomic E-state index is 11.6. The Morgan fingerprint density at radius 1 is 1.40 bits per heavy atom. The van der Waals surface area contributed by atoms with Crippen molar-refractivity contribution in [1.29, 1.82) is 0 Å². The van der Waals surface area contributed by atoms with E-state index in [9.17, 15) is 4.79 Å². The minimum absolute atomic E-state index is 0.216. The summed E-state index contributed by atoms with van der Waals surface area (Å²) in [6.07, 6.45) is 1.60. The molecule has 0 atom stereocenters. The smallest absolute Gasteiger partial charge is 0.409 e. The van der Waals surface area contributed by atoms with E-state index in [0.717, 1.165) is 25.2 Å². The Morgan fingerprint density at radius 2 is 2.15 bits per heavy atom. The number of nitrogens with zero attached hydrogens (tertiary/aromatic N) is 3. The number of rotatable bonds is 4. The highest BCUT2D eigenvalue weighted by Crippen LogP contribution is 2.10. The van der Waals surface area contributed by atoms with Crippen LogP contribution in [0.1, 0.15) is 12.5 Å². The second-order valence-electron chi connectivity index (χ2n) is 4.66. The fourth-order valence-electron chi connectivity index (χ4n) is 2.16. The normalized spacial score (nSPS) is 16.0. The van der Waals surface area contributed by atoms with Crippen LogP contribution in [-0.2, 0) is 11.3 Å². The first-order valence-electron chi connectivity index (χ1n) is 6.78. The van der Waals surface area contributed by atoms with Crippen molar-refractivity contribution in [3.05, 3.63) is 23.9 Å². The summed E-state index contributed by atoms with van der Waals surface area (Å²) in [7, 11) is 0. The molecule has 2 rings (SSSR count). The van der Waals surface area contributed by atoms with Crippen LogP contribution in [0.15, 0.2) is 18.3 Å². The van der Waals surface area contributed by atoms with E-state index in [1.54, 1.807) is 4.90 Å². The van der Waals surface area contributed by atoms with Gasteiger partial charge in [-0.15, -0.1) is 0 Å². The molecule has 1 aliphatic rings. The average molecular weight is 279 g/mol. The van der Waals surface area contributed by atoms with E-state index in [4.69, 9.17) is 10.6 Å². The van der Waals surface area contributed by atoms with Crippen molar-refractivity contribution in [3.8, 4) is 0 Å². The third-order valence-electron chi connectivity index (χ3n) is 3.28. The Balaban J connectivity index is 1.80. The van der Waals surface area contributed by atoms with Gasteiger partial charge < -0.3 is 15.1 Å². The van der Waals surface area contributed by atoms with E-state index in [-0.39, 0.29) is 6.09 Å². The second-order valence-corrected chi connectivity index (χ2v) is 4.66. The van der Waals surface area contributed by atoms with Crippen LogP contribution in [0.4, 0.5) is 10.6 Å². The standard InChI is InChI=1S/C13H21N5O2/c1-2-20-13(19)18-7-5-17(6-8-18)10-11-3-4-12(16-14)15-9-11/h3-4,9H,2,5-8,10,14H2,1H3,(H,15,16). The van der Waals surface area contributed by atoms with E-state index >= 15 is 0 Å². The number of pyridine rings is 1. The lowest BCUT2D eigenvalue weighted by Crippen LogP contribution is -2.48. The van der Waals surface area contributed by atoms with Gasteiger partial charge in [0.15, 0.2) is 0 Å². The van der Waals surface area contributed by atoms with Crippen molar-refractivity contribution < 1.29 is 9.53 Å². The number of hydrogen-bond donors (Lipinski definition) is 2. The highest BCUT2D eigenvalue weighted by molar-refractivity contribution is 5.67. The molecule has 0 radical (unpaired) electrons. The molecule has 20 heavy (non-hydrogen) atoms. The summed E-state index contributed by atoms with van der Waals surface area (Å²) < 4.78 is 5.00. The lowest BCUT2D eigenvalue weighted by molar-refractivity contribution is 0.0778. The average Bonchev–Trinajstić information content (AvgIpc) is 2.49. The minimum atomic E-state index is -0.216. The molecule has 1 saturated heterocycles. The van der Waals surface area contributed by atoms with Crippen LogP contribution < -0.4 is 11.3 Å². The van der Waals surface area contributed by atoms with Gasteiger partial charge in [0.1, 0.15) is 5.82 Å². The van der Waals surface area contributed by atoms with Crippen molar-refractivity contribution in [1.82, 2.24) is 14.8 Å². The van der Waals surface area contributed by atoms with Crippen molar-refractivity contribution in [2.24, 2.45) is 5.84 Å².